The first-order valence-electron chi connectivity index (χ1n) is 11.4. The van der Waals surface area contributed by atoms with Gasteiger partial charge in [0.25, 0.3) is 11.8 Å². The molecule has 4 amide bonds. The maximum absolute atomic E-state index is 12.9. The summed E-state index contributed by atoms with van der Waals surface area (Å²) in [4.78, 5) is 62.7. The number of ketones is 1. The molecule has 3 unspecified atom stereocenters. The zero-order valence-electron chi connectivity index (χ0n) is 21.0. The van der Waals surface area contributed by atoms with Crippen LogP contribution >= 0.6 is 0 Å². The molecule has 0 radical (unpaired) electrons. The van der Waals surface area contributed by atoms with Crippen molar-refractivity contribution in [1.82, 2.24) is 21.3 Å². The van der Waals surface area contributed by atoms with Crippen molar-refractivity contribution in [2.45, 2.75) is 91.9 Å². The van der Waals surface area contributed by atoms with E-state index in [1.54, 1.807) is 34.6 Å². The summed E-state index contributed by atoms with van der Waals surface area (Å²) in [5.41, 5.74) is -0.946. The summed E-state index contributed by atoms with van der Waals surface area (Å²) in [5, 5.41) is 25.4. The quantitative estimate of drug-likeness (QED) is 0.176. The molecule has 0 bridgehead atoms. The third kappa shape index (κ3) is 9.03. The van der Waals surface area contributed by atoms with Crippen molar-refractivity contribution in [3.63, 3.8) is 0 Å². The van der Waals surface area contributed by atoms with Gasteiger partial charge in [-0.05, 0) is 38.0 Å². The maximum Gasteiger partial charge on any atom is 0.289 e. The van der Waals surface area contributed by atoms with E-state index in [9.17, 15) is 24.0 Å². The number of Topliss-reactive ketones (excluding diaryl/α,β-unsaturated/α-hetero) is 1. The Kier molecular flexibility index (Phi) is 10.1. The molecule has 0 aromatic heterocycles. The number of carbonyl (C=O) groups is 5. The lowest BCUT2D eigenvalue weighted by Crippen LogP contribution is -2.59. The molecule has 3 atom stereocenters. The van der Waals surface area contributed by atoms with Crippen LogP contribution in [0.15, 0.2) is 0 Å². The zero-order chi connectivity index (χ0) is 26.4. The van der Waals surface area contributed by atoms with Crippen LogP contribution in [-0.4, -0.2) is 65.0 Å². The molecule has 0 spiro atoms. The Labute approximate surface area is 200 Å². The second kappa shape index (κ2) is 11.8. The summed E-state index contributed by atoms with van der Waals surface area (Å²) in [7, 11) is 0. The largest absolute Gasteiger partial charge is 0.347 e. The number of rotatable bonds is 12. The molecule has 190 valence electrons. The van der Waals surface area contributed by atoms with E-state index in [0.29, 0.717) is 0 Å². The van der Waals surface area contributed by atoms with Crippen LogP contribution in [0.1, 0.15) is 67.7 Å². The molecule has 1 fully saturated rings. The molecule has 1 rings (SSSR count). The van der Waals surface area contributed by atoms with Crippen LogP contribution in [0, 0.1) is 22.2 Å². The second-order valence-corrected chi connectivity index (χ2v) is 10.3. The van der Waals surface area contributed by atoms with Gasteiger partial charge < -0.3 is 26.7 Å². The van der Waals surface area contributed by atoms with Crippen LogP contribution in [0.25, 0.3) is 0 Å². The summed E-state index contributed by atoms with van der Waals surface area (Å²) >= 11 is 0. The lowest BCUT2D eigenvalue weighted by molar-refractivity contribution is -0.141. The number of nitrogens with one attached hydrogen (secondary N) is 6. The Bertz CT molecular complexity index is 856. The summed E-state index contributed by atoms with van der Waals surface area (Å²) in [6, 6.07) is -3.16. The Morgan fingerprint density at radius 1 is 0.882 bits per heavy atom. The van der Waals surface area contributed by atoms with Gasteiger partial charge in [-0.15, -0.1) is 0 Å². The molecular formula is C23H38N6O5. The first kappa shape index (κ1) is 28.9. The van der Waals surface area contributed by atoms with E-state index in [1.165, 1.54) is 13.8 Å². The molecule has 0 heterocycles. The molecule has 1 aliphatic carbocycles. The van der Waals surface area contributed by atoms with Gasteiger partial charge >= 0.3 is 0 Å². The topological polar surface area (TPSA) is 181 Å². The smallest absolute Gasteiger partial charge is 0.289 e. The van der Waals surface area contributed by atoms with Crippen molar-refractivity contribution in [3.05, 3.63) is 0 Å². The van der Waals surface area contributed by atoms with E-state index in [0.717, 1.165) is 12.8 Å². The molecule has 0 aromatic carbocycles. The number of amides is 4. The molecule has 0 aliphatic heterocycles. The Hall–Kier alpha value is -3.11. The molecule has 11 nitrogen and oxygen atoms in total. The minimum atomic E-state index is -1.06. The number of hydrogen-bond donors (Lipinski definition) is 6. The fourth-order valence-electron chi connectivity index (χ4n) is 3.04. The molecule has 0 aromatic rings. The highest BCUT2D eigenvalue weighted by molar-refractivity contribution is 6.41. The average Bonchev–Trinajstić information content (AvgIpc) is 3.51. The van der Waals surface area contributed by atoms with Gasteiger partial charge in [0.1, 0.15) is 17.8 Å². The van der Waals surface area contributed by atoms with Gasteiger partial charge in [-0.25, -0.2) is 0 Å². The summed E-state index contributed by atoms with van der Waals surface area (Å²) in [5.74, 6) is -3.89. The van der Waals surface area contributed by atoms with E-state index < -0.39 is 53.0 Å². The first-order chi connectivity index (χ1) is 15.5. The van der Waals surface area contributed by atoms with E-state index >= 15 is 0 Å². The maximum atomic E-state index is 12.9. The fraction of sp³-hybridized carbons (Fsp3) is 0.696. The molecule has 6 N–H and O–H groups in total. The minimum Gasteiger partial charge on any atom is -0.347 e. The predicted octanol–water partition coefficient (Wildman–Crippen LogP) is 0.460. The standard InChI is InChI=1S/C23H38N6O5/c1-11(2)16(17(30)21(33)27-14-8-9-14)28-19(31)13(4)26-22(34)18(23(5,6)7)29-20(32)15(25)10-12(3)24/h11,13-14,16,18,24-25H,8-10H2,1-7H3,(H,26,34)(H,27,33)(H,28,31)(H,29,32). The lowest BCUT2D eigenvalue weighted by Gasteiger charge is -2.31. The van der Waals surface area contributed by atoms with Gasteiger partial charge in [-0.3, -0.25) is 29.4 Å². The van der Waals surface area contributed by atoms with Crippen molar-refractivity contribution >= 4 is 40.8 Å². The van der Waals surface area contributed by atoms with Crippen LogP contribution in [0.4, 0.5) is 0 Å². The van der Waals surface area contributed by atoms with Crippen molar-refractivity contribution < 1.29 is 24.0 Å². The van der Waals surface area contributed by atoms with Crippen LogP contribution in [0.3, 0.4) is 0 Å². The Morgan fingerprint density at radius 2 is 1.44 bits per heavy atom. The number of hydrogen-bond acceptors (Lipinski definition) is 7. The van der Waals surface area contributed by atoms with Gasteiger partial charge in [0, 0.05) is 18.2 Å². The highest BCUT2D eigenvalue weighted by Gasteiger charge is 2.37. The average molecular weight is 479 g/mol. The summed E-state index contributed by atoms with van der Waals surface area (Å²) in [6.45, 7) is 11.5. The first-order valence-corrected chi connectivity index (χ1v) is 11.4. The lowest BCUT2D eigenvalue weighted by atomic mass is 9.85. The SMILES string of the molecule is CC(=N)CC(=N)C(=O)NC(C(=O)NC(C)C(=O)NC(C(=O)C(=O)NC1CC1)C(C)C)C(C)(C)C. The van der Waals surface area contributed by atoms with Crippen molar-refractivity contribution in [2.24, 2.45) is 11.3 Å². The molecule has 1 aliphatic rings. The van der Waals surface area contributed by atoms with Crippen molar-refractivity contribution in [3.8, 4) is 0 Å². The third-order valence-electron chi connectivity index (χ3n) is 5.25. The van der Waals surface area contributed by atoms with Crippen molar-refractivity contribution in [1.29, 1.82) is 10.8 Å². The highest BCUT2D eigenvalue weighted by Crippen LogP contribution is 2.20. The molecule has 0 saturated heterocycles. The minimum absolute atomic E-state index is 0.00659. The van der Waals surface area contributed by atoms with Gasteiger partial charge in [-0.1, -0.05) is 34.6 Å². The van der Waals surface area contributed by atoms with Crippen LogP contribution in [0.5, 0.6) is 0 Å². The van der Waals surface area contributed by atoms with Gasteiger partial charge in [0.15, 0.2) is 0 Å². The monoisotopic (exact) mass is 478 g/mol. The highest BCUT2D eigenvalue weighted by atomic mass is 16.2. The van der Waals surface area contributed by atoms with E-state index in [-0.39, 0.29) is 29.8 Å². The molecule has 34 heavy (non-hydrogen) atoms. The second-order valence-electron chi connectivity index (χ2n) is 10.3. The van der Waals surface area contributed by atoms with Crippen LogP contribution in [-0.2, 0) is 24.0 Å². The van der Waals surface area contributed by atoms with Gasteiger partial charge in [0.2, 0.25) is 17.6 Å². The molecular weight excluding hydrogens is 440 g/mol. The fourth-order valence-corrected chi connectivity index (χ4v) is 3.04. The van der Waals surface area contributed by atoms with E-state index in [4.69, 9.17) is 10.8 Å². The van der Waals surface area contributed by atoms with Crippen LogP contribution < -0.4 is 21.3 Å². The molecule has 1 saturated carbocycles. The van der Waals surface area contributed by atoms with Gasteiger partial charge in [0.05, 0.1) is 6.04 Å². The Morgan fingerprint density at radius 3 is 1.88 bits per heavy atom. The summed E-state index contributed by atoms with van der Waals surface area (Å²) < 4.78 is 0. The Balaban J connectivity index is 2.83. The zero-order valence-corrected chi connectivity index (χ0v) is 21.0. The molecule has 11 heteroatoms. The third-order valence-corrected chi connectivity index (χ3v) is 5.25. The van der Waals surface area contributed by atoms with Crippen LogP contribution in [0.2, 0.25) is 0 Å². The van der Waals surface area contributed by atoms with E-state index in [1.807, 2.05) is 0 Å². The van der Waals surface area contributed by atoms with Crippen molar-refractivity contribution in [2.75, 3.05) is 0 Å². The summed E-state index contributed by atoms with van der Waals surface area (Å²) in [6.07, 6.45) is 1.52. The number of carbonyl (C=O) groups excluding carboxylic acids is 5. The van der Waals surface area contributed by atoms with Gasteiger partial charge in [-0.2, -0.15) is 0 Å². The predicted molar refractivity (Wildman–Crippen MR) is 128 cm³/mol. The van der Waals surface area contributed by atoms with E-state index in [2.05, 4.69) is 21.3 Å². The normalized spacial score (nSPS) is 16.0.